The molecule has 1 atom stereocenters. The Bertz CT molecular complexity index is 1140. The van der Waals surface area contributed by atoms with Crippen molar-refractivity contribution < 1.29 is 23.2 Å². The number of rotatable bonds is 9. The van der Waals surface area contributed by atoms with Crippen molar-refractivity contribution in [1.29, 1.82) is 5.26 Å². The van der Waals surface area contributed by atoms with Crippen LogP contribution < -0.4 is 14.2 Å². The quantitative estimate of drug-likeness (QED) is 0.349. The lowest BCUT2D eigenvalue weighted by atomic mass is 10.1. The standard InChI is InChI=1S/C22H26N4O5S/c1-6-30-22(27)25-32(5,28)18-9-7-8-16(10-18)14-31-21-12-19(24-15-26(2)3)17(13-23)11-20(21)29-4/h7-12,15H,5-6,14H2,1-4H3,(H,25,27,28). The number of hydrogen-bond donors (Lipinski definition) is 1. The maximum absolute atomic E-state index is 12.8. The third kappa shape index (κ3) is 6.65. The number of aliphatic imine (C=N–C) groups is 1. The number of hydrogen-bond acceptors (Lipinski definition) is 7. The molecule has 9 nitrogen and oxygen atoms in total. The molecule has 2 aromatic rings. The predicted octanol–water partition coefficient (Wildman–Crippen LogP) is 3.10. The van der Waals surface area contributed by atoms with E-state index in [4.69, 9.17) is 14.2 Å². The molecule has 0 saturated heterocycles. The number of methoxy groups -OCH3 is 1. The summed E-state index contributed by atoms with van der Waals surface area (Å²) in [5.41, 5.74) is 1.47. The van der Waals surface area contributed by atoms with Crippen LogP contribution in [0.25, 0.3) is 0 Å². The SMILES string of the molecule is C=S(=O)(NC(=O)OCC)c1cccc(COc2cc(N=CN(C)C)c(C#N)cc2OC)c1. The van der Waals surface area contributed by atoms with Gasteiger partial charge in [-0.25, -0.2) is 18.7 Å². The molecular formula is C22H26N4O5S. The number of nitrogens with one attached hydrogen (secondary N) is 1. The van der Waals surface area contributed by atoms with Crippen LogP contribution in [-0.2, 0) is 21.1 Å². The van der Waals surface area contributed by atoms with Gasteiger partial charge in [-0.05, 0) is 30.5 Å². The lowest BCUT2D eigenvalue weighted by Gasteiger charge is -2.14. The molecule has 0 aliphatic rings. The van der Waals surface area contributed by atoms with Crippen molar-refractivity contribution in [3.63, 3.8) is 0 Å². The maximum atomic E-state index is 12.8. The van der Waals surface area contributed by atoms with Crippen molar-refractivity contribution >= 4 is 33.7 Å². The van der Waals surface area contributed by atoms with Gasteiger partial charge in [0.15, 0.2) is 11.5 Å². The molecule has 1 unspecified atom stereocenters. The second kappa shape index (κ2) is 11.1. The minimum absolute atomic E-state index is 0.113. The second-order valence-electron chi connectivity index (χ2n) is 6.77. The molecule has 0 fully saturated rings. The van der Waals surface area contributed by atoms with Gasteiger partial charge in [0.2, 0.25) is 0 Å². The first kappa shape index (κ1) is 24.6. The van der Waals surface area contributed by atoms with E-state index in [0.717, 1.165) is 0 Å². The Morgan fingerprint density at radius 1 is 1.31 bits per heavy atom. The van der Waals surface area contributed by atoms with Crippen LogP contribution in [0.3, 0.4) is 0 Å². The van der Waals surface area contributed by atoms with Gasteiger partial charge in [-0.15, -0.1) is 0 Å². The summed E-state index contributed by atoms with van der Waals surface area (Å²) in [6.07, 6.45) is 0.777. The minimum atomic E-state index is -3.10. The van der Waals surface area contributed by atoms with E-state index < -0.39 is 15.8 Å². The molecule has 0 bridgehead atoms. The van der Waals surface area contributed by atoms with Gasteiger partial charge in [0.1, 0.15) is 12.7 Å². The van der Waals surface area contributed by atoms with Crippen LogP contribution in [0.1, 0.15) is 18.1 Å². The van der Waals surface area contributed by atoms with Gasteiger partial charge in [-0.1, -0.05) is 12.1 Å². The highest BCUT2D eigenvalue weighted by molar-refractivity contribution is 7.99. The van der Waals surface area contributed by atoms with E-state index in [1.807, 2.05) is 14.1 Å². The average Bonchev–Trinajstić information content (AvgIpc) is 2.75. The Balaban J connectivity index is 2.27. The lowest BCUT2D eigenvalue weighted by molar-refractivity contribution is 0.159. The Hall–Kier alpha value is -3.71. The van der Waals surface area contributed by atoms with Gasteiger partial charge in [0.05, 0.1) is 45.9 Å². The van der Waals surface area contributed by atoms with Crippen LogP contribution in [0.4, 0.5) is 10.5 Å². The molecule has 0 aromatic heterocycles. The highest BCUT2D eigenvalue weighted by Crippen LogP contribution is 2.35. The molecule has 0 saturated carbocycles. The van der Waals surface area contributed by atoms with E-state index in [2.05, 4.69) is 21.7 Å². The van der Waals surface area contributed by atoms with Crippen molar-refractivity contribution in [3.8, 4) is 17.6 Å². The second-order valence-corrected chi connectivity index (χ2v) is 8.80. The molecule has 0 heterocycles. The fourth-order valence-corrected chi connectivity index (χ4v) is 3.64. The first-order chi connectivity index (χ1) is 15.2. The summed E-state index contributed by atoms with van der Waals surface area (Å²) in [7, 11) is 2.02. The number of benzene rings is 2. The summed E-state index contributed by atoms with van der Waals surface area (Å²) in [6.45, 7) is 1.92. The van der Waals surface area contributed by atoms with Crippen molar-refractivity contribution in [3.05, 3.63) is 47.5 Å². The number of nitrogens with zero attached hydrogens (tertiary/aromatic N) is 3. The van der Waals surface area contributed by atoms with Crippen LogP contribution in [0, 0.1) is 11.3 Å². The maximum Gasteiger partial charge on any atom is 0.418 e. The van der Waals surface area contributed by atoms with Gasteiger partial charge in [0.25, 0.3) is 0 Å². The fourth-order valence-electron chi connectivity index (χ4n) is 2.55. The van der Waals surface area contributed by atoms with Gasteiger partial charge < -0.3 is 19.1 Å². The lowest BCUT2D eigenvalue weighted by Crippen LogP contribution is -2.31. The molecule has 0 spiro atoms. The normalized spacial score (nSPS) is 12.5. The van der Waals surface area contributed by atoms with E-state index >= 15 is 0 Å². The molecule has 1 amide bonds. The number of nitriles is 1. The third-order valence-electron chi connectivity index (χ3n) is 4.03. The molecule has 2 aromatic carbocycles. The fraction of sp³-hybridized carbons (Fsp3) is 0.273. The van der Waals surface area contributed by atoms with Gasteiger partial charge >= 0.3 is 6.09 Å². The Morgan fingerprint density at radius 2 is 2.06 bits per heavy atom. The molecule has 32 heavy (non-hydrogen) atoms. The number of ether oxygens (including phenoxy) is 3. The summed E-state index contributed by atoms with van der Waals surface area (Å²) < 4.78 is 31.1. The molecule has 170 valence electrons. The molecule has 0 aliphatic heterocycles. The zero-order chi connectivity index (χ0) is 23.7. The molecule has 0 aliphatic carbocycles. The Kier molecular flexibility index (Phi) is 8.49. The van der Waals surface area contributed by atoms with Crippen LogP contribution in [0.2, 0.25) is 0 Å². The molecule has 10 heteroatoms. The smallest absolute Gasteiger partial charge is 0.418 e. The largest absolute Gasteiger partial charge is 0.493 e. The van der Waals surface area contributed by atoms with Crippen LogP contribution >= 0.6 is 0 Å². The number of amides is 1. The van der Waals surface area contributed by atoms with Gasteiger partial charge in [-0.2, -0.15) is 5.26 Å². The summed E-state index contributed by atoms with van der Waals surface area (Å²) in [5.74, 6) is 4.39. The Morgan fingerprint density at radius 3 is 2.69 bits per heavy atom. The molecule has 1 N–H and O–H groups in total. The number of carbonyl (C=O) groups excluding carboxylic acids is 1. The third-order valence-corrected chi connectivity index (χ3v) is 5.54. The topological polar surface area (TPSA) is 113 Å². The van der Waals surface area contributed by atoms with Crippen LogP contribution in [0.15, 0.2) is 46.3 Å². The van der Waals surface area contributed by atoms with E-state index in [1.54, 1.807) is 54.6 Å². The molecule has 0 radical (unpaired) electrons. The number of carbonyl (C=O) groups is 1. The van der Waals surface area contributed by atoms with Crippen LogP contribution in [0.5, 0.6) is 11.5 Å². The predicted molar refractivity (Wildman–Crippen MR) is 124 cm³/mol. The van der Waals surface area contributed by atoms with Gasteiger partial charge in [-0.3, -0.25) is 0 Å². The molecular weight excluding hydrogens is 432 g/mol. The van der Waals surface area contributed by atoms with E-state index in [0.29, 0.717) is 33.2 Å². The zero-order valence-electron chi connectivity index (χ0n) is 18.5. The Labute approximate surface area is 188 Å². The first-order valence-corrected chi connectivity index (χ1v) is 11.3. The van der Waals surface area contributed by atoms with Crippen molar-refractivity contribution in [1.82, 2.24) is 9.62 Å². The van der Waals surface area contributed by atoms with E-state index in [9.17, 15) is 14.3 Å². The highest BCUT2D eigenvalue weighted by Gasteiger charge is 2.15. The van der Waals surface area contributed by atoms with Crippen molar-refractivity contribution in [2.24, 2.45) is 4.99 Å². The average molecular weight is 459 g/mol. The van der Waals surface area contributed by atoms with Gasteiger partial charge in [0, 0.05) is 26.2 Å². The van der Waals surface area contributed by atoms with Crippen molar-refractivity contribution in [2.45, 2.75) is 18.4 Å². The minimum Gasteiger partial charge on any atom is -0.493 e. The summed E-state index contributed by atoms with van der Waals surface area (Å²) in [6, 6.07) is 12.0. The summed E-state index contributed by atoms with van der Waals surface area (Å²) in [5, 5.41) is 9.40. The van der Waals surface area contributed by atoms with E-state index in [-0.39, 0.29) is 13.2 Å². The monoisotopic (exact) mass is 458 g/mol. The van der Waals surface area contributed by atoms with Crippen LogP contribution in [-0.4, -0.2) is 55.2 Å². The van der Waals surface area contributed by atoms with Crippen molar-refractivity contribution in [2.75, 3.05) is 27.8 Å². The highest BCUT2D eigenvalue weighted by atomic mass is 32.2. The molecule has 2 rings (SSSR count). The summed E-state index contributed by atoms with van der Waals surface area (Å²) >= 11 is 0. The zero-order valence-corrected chi connectivity index (χ0v) is 19.3. The first-order valence-electron chi connectivity index (χ1n) is 9.56. The summed E-state index contributed by atoms with van der Waals surface area (Å²) in [4.78, 5) is 18.0. The van der Waals surface area contributed by atoms with E-state index in [1.165, 1.54) is 7.11 Å².